The summed E-state index contributed by atoms with van der Waals surface area (Å²) in [4.78, 5) is 11.4. The highest BCUT2D eigenvalue weighted by Crippen LogP contribution is 2.19. The second-order valence-corrected chi connectivity index (χ2v) is 6.16. The molecule has 1 rings (SSSR count). The van der Waals surface area contributed by atoms with Gasteiger partial charge in [0.1, 0.15) is 5.75 Å². The molecule has 19 heavy (non-hydrogen) atoms. The van der Waals surface area contributed by atoms with Gasteiger partial charge in [0.05, 0.1) is 11.4 Å². The SMILES string of the molecule is C#CCNC(=O)C(C)Oc1ccc(S(=O)(=O)Cl)cc1. The van der Waals surface area contributed by atoms with Gasteiger partial charge < -0.3 is 10.1 Å². The number of ether oxygens (including phenoxy) is 1. The van der Waals surface area contributed by atoms with Crippen LogP contribution in [0.1, 0.15) is 6.92 Å². The summed E-state index contributed by atoms with van der Waals surface area (Å²) in [6, 6.07) is 5.42. The van der Waals surface area contributed by atoms with Gasteiger partial charge in [0.15, 0.2) is 6.10 Å². The molecule has 7 heteroatoms. The van der Waals surface area contributed by atoms with Crippen LogP contribution < -0.4 is 10.1 Å². The first-order chi connectivity index (χ1) is 8.84. The topological polar surface area (TPSA) is 72.5 Å². The van der Waals surface area contributed by atoms with E-state index < -0.39 is 15.2 Å². The molecule has 1 atom stereocenters. The van der Waals surface area contributed by atoms with E-state index in [0.29, 0.717) is 5.75 Å². The maximum absolute atomic E-state index is 11.5. The lowest BCUT2D eigenvalue weighted by atomic mass is 10.3. The molecule has 0 aromatic heterocycles. The molecule has 1 aromatic rings. The van der Waals surface area contributed by atoms with Crippen molar-refractivity contribution in [2.75, 3.05) is 6.54 Å². The molecule has 0 aliphatic carbocycles. The molecular formula is C12H12ClNO4S. The third-order valence-corrected chi connectivity index (χ3v) is 3.52. The number of carbonyl (C=O) groups excluding carboxylic acids is 1. The Morgan fingerprint density at radius 3 is 2.53 bits per heavy atom. The van der Waals surface area contributed by atoms with E-state index in [4.69, 9.17) is 21.8 Å². The molecular weight excluding hydrogens is 290 g/mol. The molecule has 0 fully saturated rings. The highest BCUT2D eigenvalue weighted by Gasteiger charge is 2.14. The van der Waals surface area contributed by atoms with Gasteiger partial charge in [-0.3, -0.25) is 4.79 Å². The lowest BCUT2D eigenvalue weighted by molar-refractivity contribution is -0.126. The minimum Gasteiger partial charge on any atom is -0.481 e. The van der Waals surface area contributed by atoms with Crippen molar-refractivity contribution >= 4 is 25.6 Å². The highest BCUT2D eigenvalue weighted by atomic mass is 35.7. The van der Waals surface area contributed by atoms with Crippen molar-refractivity contribution in [3.63, 3.8) is 0 Å². The first-order valence-corrected chi connectivity index (χ1v) is 7.58. The van der Waals surface area contributed by atoms with Crippen LogP contribution in [0, 0.1) is 12.3 Å². The molecule has 1 amide bonds. The second kappa shape index (κ2) is 6.45. The van der Waals surface area contributed by atoms with Crippen LogP contribution in [0.4, 0.5) is 0 Å². The number of hydrogen-bond acceptors (Lipinski definition) is 4. The van der Waals surface area contributed by atoms with Crippen LogP contribution in [0.2, 0.25) is 0 Å². The molecule has 102 valence electrons. The van der Waals surface area contributed by atoms with Crippen molar-refractivity contribution in [2.24, 2.45) is 0 Å². The van der Waals surface area contributed by atoms with Crippen LogP contribution in [0.15, 0.2) is 29.2 Å². The van der Waals surface area contributed by atoms with Crippen molar-refractivity contribution in [3.8, 4) is 18.1 Å². The average molecular weight is 302 g/mol. The van der Waals surface area contributed by atoms with E-state index in [2.05, 4.69) is 11.2 Å². The smallest absolute Gasteiger partial charge is 0.261 e. The predicted octanol–water partition coefficient (Wildman–Crippen LogP) is 1.13. The largest absolute Gasteiger partial charge is 0.481 e. The fraction of sp³-hybridized carbons (Fsp3) is 0.250. The van der Waals surface area contributed by atoms with E-state index in [0.717, 1.165) is 0 Å². The molecule has 1 N–H and O–H groups in total. The van der Waals surface area contributed by atoms with Gasteiger partial charge in [0.2, 0.25) is 0 Å². The number of nitrogens with one attached hydrogen (secondary N) is 1. The first kappa shape index (κ1) is 15.3. The lowest BCUT2D eigenvalue weighted by Crippen LogP contribution is -2.36. The lowest BCUT2D eigenvalue weighted by Gasteiger charge is -2.13. The van der Waals surface area contributed by atoms with Crippen LogP contribution in [0.25, 0.3) is 0 Å². The van der Waals surface area contributed by atoms with Crippen molar-refractivity contribution in [1.29, 1.82) is 0 Å². The number of rotatable bonds is 5. The number of amides is 1. The second-order valence-electron chi connectivity index (χ2n) is 3.59. The summed E-state index contributed by atoms with van der Waals surface area (Å²) >= 11 is 0. The standard InChI is InChI=1S/C12H12ClNO4S/c1-3-8-14-12(15)9(2)18-10-4-6-11(7-5-10)19(13,16)17/h1,4-7,9H,8H2,2H3,(H,14,15). The van der Waals surface area contributed by atoms with Gasteiger partial charge in [-0.1, -0.05) is 5.92 Å². The van der Waals surface area contributed by atoms with Crippen molar-refractivity contribution < 1.29 is 17.9 Å². The van der Waals surface area contributed by atoms with Crippen LogP contribution in [0.5, 0.6) is 5.75 Å². The maximum Gasteiger partial charge on any atom is 0.261 e. The van der Waals surface area contributed by atoms with E-state index >= 15 is 0 Å². The van der Waals surface area contributed by atoms with Gasteiger partial charge in [-0.25, -0.2) is 8.42 Å². The molecule has 0 saturated heterocycles. The summed E-state index contributed by atoms with van der Waals surface area (Å²) < 4.78 is 27.4. The zero-order valence-electron chi connectivity index (χ0n) is 10.1. The normalized spacial score (nSPS) is 12.3. The van der Waals surface area contributed by atoms with Gasteiger partial charge in [-0.05, 0) is 31.2 Å². The molecule has 0 bridgehead atoms. The van der Waals surface area contributed by atoms with Gasteiger partial charge in [0.25, 0.3) is 15.0 Å². The fourth-order valence-electron chi connectivity index (χ4n) is 1.22. The molecule has 0 aliphatic heterocycles. The summed E-state index contributed by atoms with van der Waals surface area (Å²) in [6.45, 7) is 1.67. The van der Waals surface area contributed by atoms with Gasteiger partial charge in [-0.2, -0.15) is 0 Å². The summed E-state index contributed by atoms with van der Waals surface area (Å²) in [7, 11) is 1.41. The minimum absolute atomic E-state index is 0.0362. The Hall–Kier alpha value is -1.71. The molecule has 0 radical (unpaired) electrons. The maximum atomic E-state index is 11.5. The fourth-order valence-corrected chi connectivity index (χ4v) is 1.99. The quantitative estimate of drug-likeness (QED) is 0.654. The number of benzene rings is 1. The van der Waals surface area contributed by atoms with E-state index in [1.807, 2.05) is 0 Å². The van der Waals surface area contributed by atoms with Crippen molar-refractivity contribution in [1.82, 2.24) is 5.32 Å². The van der Waals surface area contributed by atoms with Gasteiger partial charge >= 0.3 is 0 Å². The Bertz CT molecular complexity index is 589. The van der Waals surface area contributed by atoms with Crippen LogP contribution in [0.3, 0.4) is 0 Å². The Kier molecular flexibility index (Phi) is 5.21. The molecule has 0 spiro atoms. The third kappa shape index (κ3) is 4.81. The van der Waals surface area contributed by atoms with Crippen LogP contribution >= 0.6 is 10.7 Å². The molecule has 0 aliphatic rings. The summed E-state index contributed by atoms with van der Waals surface area (Å²) in [6.07, 6.45) is 4.27. The predicted molar refractivity (Wildman–Crippen MR) is 71.4 cm³/mol. The zero-order chi connectivity index (χ0) is 14.5. The van der Waals surface area contributed by atoms with Gasteiger partial charge in [0, 0.05) is 10.7 Å². The summed E-state index contributed by atoms with van der Waals surface area (Å²) in [5, 5.41) is 2.47. The molecule has 5 nitrogen and oxygen atoms in total. The number of terminal acetylenes is 1. The summed E-state index contributed by atoms with van der Waals surface area (Å²) in [5.41, 5.74) is 0. The molecule has 0 heterocycles. The van der Waals surface area contributed by atoms with Gasteiger partial charge in [-0.15, -0.1) is 6.42 Å². The van der Waals surface area contributed by atoms with E-state index in [-0.39, 0.29) is 17.3 Å². The number of carbonyl (C=O) groups is 1. The van der Waals surface area contributed by atoms with E-state index in [1.54, 1.807) is 6.92 Å². The Labute approximate surface area is 116 Å². The molecule has 0 saturated carbocycles. The first-order valence-electron chi connectivity index (χ1n) is 5.27. The van der Waals surface area contributed by atoms with Crippen molar-refractivity contribution in [2.45, 2.75) is 17.9 Å². The van der Waals surface area contributed by atoms with E-state index in [1.165, 1.54) is 24.3 Å². The Morgan fingerprint density at radius 1 is 1.47 bits per heavy atom. The minimum atomic E-state index is -3.76. The molecule has 1 aromatic carbocycles. The average Bonchev–Trinajstić information content (AvgIpc) is 2.35. The number of hydrogen-bond donors (Lipinski definition) is 1. The Morgan fingerprint density at radius 2 is 2.05 bits per heavy atom. The van der Waals surface area contributed by atoms with Crippen LogP contribution in [-0.4, -0.2) is 27.0 Å². The highest BCUT2D eigenvalue weighted by molar-refractivity contribution is 8.13. The van der Waals surface area contributed by atoms with Crippen molar-refractivity contribution in [3.05, 3.63) is 24.3 Å². The third-order valence-electron chi connectivity index (χ3n) is 2.15. The number of halogens is 1. The van der Waals surface area contributed by atoms with E-state index in [9.17, 15) is 13.2 Å². The van der Waals surface area contributed by atoms with Crippen LogP contribution in [-0.2, 0) is 13.8 Å². The zero-order valence-corrected chi connectivity index (χ0v) is 11.7. The Balaban J connectivity index is 2.68. The molecule has 1 unspecified atom stereocenters. The summed E-state index contributed by atoms with van der Waals surface area (Å²) in [5.74, 6) is 2.27. The monoisotopic (exact) mass is 301 g/mol.